The van der Waals surface area contributed by atoms with Crippen LogP contribution < -0.4 is 15.5 Å². The summed E-state index contributed by atoms with van der Waals surface area (Å²) in [6.45, 7) is 3.72. The first-order valence-electron chi connectivity index (χ1n) is 11.7. The topological polar surface area (TPSA) is 105 Å². The molecule has 1 heterocycles. The van der Waals surface area contributed by atoms with E-state index in [4.69, 9.17) is 0 Å². The van der Waals surface area contributed by atoms with Crippen molar-refractivity contribution in [3.05, 3.63) is 94.0 Å². The van der Waals surface area contributed by atoms with Crippen LogP contribution in [0.5, 0.6) is 0 Å². The molecule has 180 valence electrons. The van der Waals surface area contributed by atoms with Crippen LogP contribution in [0.2, 0.25) is 0 Å². The molecule has 0 saturated carbocycles. The maximum Gasteiger partial charge on any atom is 0.293 e. The van der Waals surface area contributed by atoms with Crippen molar-refractivity contribution >= 4 is 34.6 Å². The van der Waals surface area contributed by atoms with Gasteiger partial charge in [-0.25, -0.2) is 0 Å². The van der Waals surface area contributed by atoms with Crippen molar-refractivity contribution in [2.75, 3.05) is 28.6 Å². The van der Waals surface area contributed by atoms with Crippen molar-refractivity contribution in [3.63, 3.8) is 0 Å². The molecule has 1 aliphatic heterocycles. The minimum absolute atomic E-state index is 0.0660. The Kier molecular flexibility index (Phi) is 7.40. The SMILES string of the molecule is CC1CCN(c2ccc(C(=O)Nc3ccc(NC(=O)Cc4ccccc4)cc3)cc2[N+](=O)[O-])CC1. The quantitative estimate of drug-likeness (QED) is 0.360. The molecular weight excluding hydrogens is 444 g/mol. The molecule has 1 fully saturated rings. The second-order valence-corrected chi connectivity index (χ2v) is 8.87. The largest absolute Gasteiger partial charge is 0.366 e. The second kappa shape index (κ2) is 10.8. The summed E-state index contributed by atoms with van der Waals surface area (Å²) in [7, 11) is 0. The number of nitro benzene ring substituents is 1. The van der Waals surface area contributed by atoms with E-state index in [9.17, 15) is 19.7 Å². The molecule has 8 heteroatoms. The van der Waals surface area contributed by atoms with Gasteiger partial charge in [-0.1, -0.05) is 37.3 Å². The van der Waals surface area contributed by atoms with Crippen molar-refractivity contribution in [1.82, 2.24) is 0 Å². The van der Waals surface area contributed by atoms with E-state index < -0.39 is 10.8 Å². The Labute approximate surface area is 204 Å². The normalized spacial score (nSPS) is 13.8. The predicted octanol–water partition coefficient (Wildman–Crippen LogP) is 5.26. The summed E-state index contributed by atoms with van der Waals surface area (Å²) < 4.78 is 0. The summed E-state index contributed by atoms with van der Waals surface area (Å²) >= 11 is 0. The van der Waals surface area contributed by atoms with Gasteiger partial charge in [0.25, 0.3) is 11.6 Å². The highest BCUT2D eigenvalue weighted by molar-refractivity contribution is 6.05. The first kappa shape index (κ1) is 23.9. The van der Waals surface area contributed by atoms with E-state index in [1.54, 1.807) is 36.4 Å². The molecule has 8 nitrogen and oxygen atoms in total. The van der Waals surface area contributed by atoms with Crippen LogP contribution >= 0.6 is 0 Å². The lowest BCUT2D eigenvalue weighted by atomic mass is 9.98. The average molecular weight is 473 g/mol. The van der Waals surface area contributed by atoms with Gasteiger partial charge in [-0.05, 0) is 60.7 Å². The molecular formula is C27H28N4O4. The van der Waals surface area contributed by atoms with Crippen LogP contribution in [0.15, 0.2) is 72.8 Å². The molecule has 0 aromatic heterocycles. The third-order valence-corrected chi connectivity index (χ3v) is 6.19. The zero-order chi connectivity index (χ0) is 24.8. The molecule has 3 aromatic rings. The van der Waals surface area contributed by atoms with Gasteiger partial charge in [0.1, 0.15) is 5.69 Å². The molecule has 1 aliphatic rings. The third kappa shape index (κ3) is 6.23. The standard InChI is InChI=1S/C27H28N4O4/c1-19-13-15-30(16-14-19)24-12-7-21(18-25(24)31(34)35)27(33)29-23-10-8-22(9-11-23)28-26(32)17-20-5-3-2-4-6-20/h2-12,18-19H,13-17H2,1H3,(H,28,32)(H,29,33). The Hall–Kier alpha value is -4.20. The van der Waals surface area contributed by atoms with Gasteiger partial charge in [-0.2, -0.15) is 0 Å². The summed E-state index contributed by atoms with van der Waals surface area (Å²) in [5, 5.41) is 17.3. The molecule has 0 radical (unpaired) electrons. The highest BCUT2D eigenvalue weighted by Crippen LogP contribution is 2.32. The summed E-state index contributed by atoms with van der Waals surface area (Å²) in [6, 6.07) is 20.8. The number of hydrogen-bond donors (Lipinski definition) is 2. The molecule has 2 N–H and O–H groups in total. The van der Waals surface area contributed by atoms with Crippen LogP contribution in [0, 0.1) is 16.0 Å². The minimum atomic E-state index is -0.437. The number of rotatable bonds is 7. The Morgan fingerprint density at radius 2 is 1.57 bits per heavy atom. The molecule has 1 saturated heterocycles. The first-order chi connectivity index (χ1) is 16.9. The van der Waals surface area contributed by atoms with Gasteiger partial charge in [0, 0.05) is 36.1 Å². The number of amides is 2. The van der Waals surface area contributed by atoms with E-state index in [0.717, 1.165) is 31.5 Å². The number of carbonyl (C=O) groups is 2. The molecule has 0 spiro atoms. The second-order valence-electron chi connectivity index (χ2n) is 8.87. The van der Waals surface area contributed by atoms with E-state index in [2.05, 4.69) is 17.6 Å². The van der Waals surface area contributed by atoms with Crippen molar-refractivity contribution < 1.29 is 14.5 Å². The lowest BCUT2D eigenvalue weighted by Gasteiger charge is -2.31. The number of carbonyl (C=O) groups excluding carboxylic acids is 2. The van der Waals surface area contributed by atoms with Crippen LogP contribution in [0.1, 0.15) is 35.7 Å². The van der Waals surface area contributed by atoms with E-state index in [0.29, 0.717) is 23.0 Å². The van der Waals surface area contributed by atoms with Gasteiger partial charge in [-0.15, -0.1) is 0 Å². The van der Waals surface area contributed by atoms with E-state index in [1.807, 2.05) is 35.2 Å². The Balaban J connectivity index is 1.39. The Morgan fingerprint density at radius 1 is 0.943 bits per heavy atom. The first-order valence-corrected chi connectivity index (χ1v) is 11.7. The summed E-state index contributed by atoms with van der Waals surface area (Å²) in [5.74, 6) is 0.0373. The zero-order valence-electron chi connectivity index (χ0n) is 19.6. The van der Waals surface area contributed by atoms with Gasteiger partial charge in [0.05, 0.1) is 11.3 Å². The number of benzene rings is 3. The Bertz CT molecular complexity index is 1200. The molecule has 0 bridgehead atoms. The number of nitrogens with one attached hydrogen (secondary N) is 2. The highest BCUT2D eigenvalue weighted by Gasteiger charge is 2.24. The minimum Gasteiger partial charge on any atom is -0.366 e. The summed E-state index contributed by atoms with van der Waals surface area (Å²) in [6.07, 6.45) is 2.24. The van der Waals surface area contributed by atoms with Crippen molar-refractivity contribution in [2.45, 2.75) is 26.2 Å². The fraction of sp³-hybridized carbons (Fsp3) is 0.259. The maximum absolute atomic E-state index is 12.8. The van der Waals surface area contributed by atoms with Gasteiger partial charge < -0.3 is 15.5 Å². The lowest BCUT2D eigenvalue weighted by Crippen LogP contribution is -2.33. The monoisotopic (exact) mass is 472 g/mol. The van der Waals surface area contributed by atoms with Gasteiger partial charge in [0.2, 0.25) is 5.91 Å². The summed E-state index contributed by atoms with van der Waals surface area (Å²) in [4.78, 5) is 38.3. The molecule has 4 rings (SSSR count). The smallest absolute Gasteiger partial charge is 0.293 e. The Morgan fingerprint density at radius 3 is 2.20 bits per heavy atom. The van der Waals surface area contributed by atoms with Crippen molar-refractivity contribution in [1.29, 1.82) is 0 Å². The predicted molar refractivity (Wildman–Crippen MR) is 137 cm³/mol. The molecule has 35 heavy (non-hydrogen) atoms. The zero-order valence-corrected chi connectivity index (χ0v) is 19.6. The summed E-state index contributed by atoms with van der Waals surface area (Å²) in [5.41, 5.74) is 2.75. The van der Waals surface area contributed by atoms with Gasteiger partial charge >= 0.3 is 0 Å². The van der Waals surface area contributed by atoms with Crippen molar-refractivity contribution in [3.8, 4) is 0 Å². The average Bonchev–Trinajstić information content (AvgIpc) is 2.86. The fourth-order valence-electron chi connectivity index (χ4n) is 4.15. The van der Waals surface area contributed by atoms with Gasteiger partial charge in [-0.3, -0.25) is 19.7 Å². The third-order valence-electron chi connectivity index (χ3n) is 6.19. The highest BCUT2D eigenvalue weighted by atomic mass is 16.6. The molecule has 3 aromatic carbocycles. The van der Waals surface area contributed by atoms with E-state index in [1.165, 1.54) is 6.07 Å². The lowest BCUT2D eigenvalue weighted by molar-refractivity contribution is -0.384. The van der Waals surface area contributed by atoms with Crippen LogP contribution in [-0.2, 0) is 11.2 Å². The number of nitrogens with zero attached hydrogens (tertiary/aromatic N) is 2. The number of nitro groups is 1. The van der Waals surface area contributed by atoms with Crippen LogP contribution in [0.25, 0.3) is 0 Å². The van der Waals surface area contributed by atoms with Crippen LogP contribution in [0.4, 0.5) is 22.7 Å². The van der Waals surface area contributed by atoms with E-state index >= 15 is 0 Å². The van der Waals surface area contributed by atoms with Crippen LogP contribution in [0.3, 0.4) is 0 Å². The maximum atomic E-state index is 12.8. The molecule has 2 amide bonds. The van der Waals surface area contributed by atoms with E-state index in [-0.39, 0.29) is 23.6 Å². The fourth-order valence-corrected chi connectivity index (χ4v) is 4.15. The molecule has 0 atom stereocenters. The molecule has 0 unspecified atom stereocenters. The van der Waals surface area contributed by atoms with Crippen LogP contribution in [-0.4, -0.2) is 29.8 Å². The van der Waals surface area contributed by atoms with Gasteiger partial charge in [0.15, 0.2) is 0 Å². The number of anilines is 3. The number of hydrogen-bond acceptors (Lipinski definition) is 5. The number of piperidine rings is 1. The molecule has 0 aliphatic carbocycles. The van der Waals surface area contributed by atoms with Crippen molar-refractivity contribution in [2.24, 2.45) is 5.92 Å².